The van der Waals surface area contributed by atoms with Crippen LogP contribution in [0.2, 0.25) is 11.8 Å². The van der Waals surface area contributed by atoms with E-state index in [1.54, 1.807) is 3.58 Å². The molecular weight excluding hydrogens is 435 g/mol. The van der Waals surface area contributed by atoms with Gasteiger partial charge in [-0.15, -0.1) is 0 Å². The van der Waals surface area contributed by atoms with E-state index in [1.807, 2.05) is 0 Å². The maximum absolute atomic E-state index is 10.3. The summed E-state index contributed by atoms with van der Waals surface area (Å²) >= 11 is -2.73. The molecule has 0 bridgehead atoms. The average molecular weight is 475 g/mol. The summed E-state index contributed by atoms with van der Waals surface area (Å²) in [5.74, 6) is 0. The number of rotatable bonds is 5. The molecule has 3 aliphatic rings. The van der Waals surface area contributed by atoms with E-state index in [0.29, 0.717) is 0 Å². The summed E-state index contributed by atoms with van der Waals surface area (Å²) in [7, 11) is 0. The summed E-state index contributed by atoms with van der Waals surface area (Å²) in [6, 6.07) is 9.29. The van der Waals surface area contributed by atoms with E-state index in [1.165, 1.54) is 102 Å². The first-order chi connectivity index (χ1) is 13.4. The second-order valence-electron chi connectivity index (χ2n) is 9.75. The van der Waals surface area contributed by atoms with Gasteiger partial charge in [0.2, 0.25) is 0 Å². The van der Waals surface area contributed by atoms with Gasteiger partial charge < -0.3 is 0 Å². The van der Waals surface area contributed by atoms with Gasteiger partial charge in [0.1, 0.15) is 0 Å². The molecule has 27 heavy (non-hydrogen) atoms. The number of hydrogen-bond donors (Lipinski definition) is 1. The van der Waals surface area contributed by atoms with Gasteiger partial charge in [-0.1, -0.05) is 0 Å². The zero-order valence-corrected chi connectivity index (χ0v) is 20.2. The SMILES string of the molecule is OCc1cccc[c]1[Sn]([CH]1CCCCC1)([CH]1CCCCC1)[CH]1CCCCC1. The van der Waals surface area contributed by atoms with E-state index in [9.17, 15) is 5.11 Å². The van der Waals surface area contributed by atoms with Gasteiger partial charge in [0, 0.05) is 0 Å². The summed E-state index contributed by atoms with van der Waals surface area (Å²) in [5.41, 5.74) is 1.33. The van der Waals surface area contributed by atoms with Crippen molar-refractivity contribution in [2.24, 2.45) is 0 Å². The number of benzene rings is 1. The molecule has 1 N–H and O–H groups in total. The molecule has 4 rings (SSSR count). The molecule has 0 amide bonds. The van der Waals surface area contributed by atoms with Crippen molar-refractivity contribution in [3.8, 4) is 0 Å². The normalized spacial score (nSPS) is 24.2. The fraction of sp³-hybridized carbons (Fsp3) is 0.760. The Morgan fingerprint density at radius 3 is 1.44 bits per heavy atom. The third-order valence-electron chi connectivity index (χ3n) is 8.50. The van der Waals surface area contributed by atoms with E-state index >= 15 is 0 Å². The topological polar surface area (TPSA) is 20.2 Å². The maximum atomic E-state index is 10.3. The Hall–Kier alpha value is -0.0213. The van der Waals surface area contributed by atoms with Crippen molar-refractivity contribution in [3.05, 3.63) is 29.8 Å². The van der Waals surface area contributed by atoms with Crippen molar-refractivity contribution in [3.63, 3.8) is 0 Å². The Labute approximate surface area is 171 Å². The van der Waals surface area contributed by atoms with E-state index in [4.69, 9.17) is 0 Å². The van der Waals surface area contributed by atoms with Crippen molar-refractivity contribution in [1.29, 1.82) is 0 Å². The molecule has 0 aliphatic heterocycles. The Morgan fingerprint density at radius 1 is 0.630 bits per heavy atom. The molecule has 0 unspecified atom stereocenters. The summed E-state index contributed by atoms with van der Waals surface area (Å²) in [4.78, 5) is 0. The van der Waals surface area contributed by atoms with Crippen molar-refractivity contribution in [1.82, 2.24) is 0 Å². The molecule has 2 heteroatoms. The van der Waals surface area contributed by atoms with Crippen LogP contribution in [0.4, 0.5) is 0 Å². The molecule has 0 heterocycles. The first-order valence-corrected chi connectivity index (χ1v) is 18.4. The van der Waals surface area contributed by atoms with E-state index in [-0.39, 0.29) is 6.61 Å². The molecule has 3 fully saturated rings. The van der Waals surface area contributed by atoms with E-state index in [0.717, 1.165) is 11.8 Å². The number of aliphatic hydroxyl groups excluding tert-OH is 1. The van der Waals surface area contributed by atoms with Gasteiger partial charge in [0.25, 0.3) is 0 Å². The molecule has 0 aromatic heterocycles. The zero-order valence-electron chi connectivity index (χ0n) is 17.3. The molecule has 0 saturated heterocycles. The summed E-state index contributed by atoms with van der Waals surface area (Å²) in [5, 5.41) is 10.3. The van der Waals surface area contributed by atoms with Gasteiger partial charge >= 0.3 is 172 Å². The predicted octanol–water partition coefficient (Wildman–Crippen LogP) is 6.84. The van der Waals surface area contributed by atoms with Crippen LogP contribution in [-0.2, 0) is 6.61 Å². The van der Waals surface area contributed by atoms with Gasteiger partial charge in [-0.3, -0.25) is 0 Å². The second kappa shape index (κ2) is 9.65. The van der Waals surface area contributed by atoms with Crippen LogP contribution < -0.4 is 3.58 Å². The van der Waals surface area contributed by atoms with Gasteiger partial charge in [-0.2, -0.15) is 0 Å². The van der Waals surface area contributed by atoms with Crippen LogP contribution in [0.3, 0.4) is 0 Å². The first-order valence-electron chi connectivity index (χ1n) is 12.1. The van der Waals surface area contributed by atoms with Crippen molar-refractivity contribution < 1.29 is 5.11 Å². The van der Waals surface area contributed by atoms with Gasteiger partial charge in [-0.05, 0) is 0 Å². The number of aliphatic hydroxyl groups is 1. The minimum absolute atomic E-state index is 0.265. The molecule has 1 aromatic rings. The first kappa shape index (κ1) is 20.3. The molecule has 150 valence electrons. The van der Waals surface area contributed by atoms with Crippen molar-refractivity contribution in [2.45, 2.75) is 115 Å². The van der Waals surface area contributed by atoms with Crippen LogP contribution in [-0.4, -0.2) is 23.5 Å². The molecule has 3 aliphatic carbocycles. The quantitative estimate of drug-likeness (QED) is 0.463. The Bertz CT molecular complexity index is 534. The Kier molecular flexibility index (Phi) is 7.24. The molecule has 3 saturated carbocycles. The monoisotopic (exact) mass is 476 g/mol. The second-order valence-corrected chi connectivity index (χ2v) is 23.6. The van der Waals surface area contributed by atoms with Crippen LogP contribution in [0.1, 0.15) is 102 Å². The molecule has 0 radical (unpaired) electrons. The molecule has 0 spiro atoms. The fourth-order valence-electron chi connectivity index (χ4n) is 7.48. The zero-order chi connectivity index (χ0) is 18.5. The van der Waals surface area contributed by atoms with Gasteiger partial charge in [0.15, 0.2) is 0 Å². The fourth-order valence-corrected chi connectivity index (χ4v) is 31.8. The van der Waals surface area contributed by atoms with E-state index in [2.05, 4.69) is 24.3 Å². The molecule has 1 nitrogen and oxygen atoms in total. The van der Waals surface area contributed by atoms with Crippen LogP contribution >= 0.6 is 0 Å². The van der Waals surface area contributed by atoms with Crippen LogP contribution in [0, 0.1) is 0 Å². The molecule has 0 atom stereocenters. The number of hydrogen-bond acceptors (Lipinski definition) is 1. The van der Waals surface area contributed by atoms with Crippen LogP contribution in [0.5, 0.6) is 0 Å². The molecule has 1 aromatic carbocycles. The summed E-state index contributed by atoms with van der Waals surface area (Å²) < 4.78 is 4.92. The third-order valence-corrected chi connectivity index (χ3v) is 29.1. The Morgan fingerprint density at radius 2 is 1.04 bits per heavy atom. The Balaban J connectivity index is 1.86. The summed E-state index contributed by atoms with van der Waals surface area (Å²) in [6.45, 7) is 0.265. The predicted molar refractivity (Wildman–Crippen MR) is 118 cm³/mol. The van der Waals surface area contributed by atoms with Gasteiger partial charge in [0.05, 0.1) is 0 Å². The van der Waals surface area contributed by atoms with Crippen LogP contribution in [0.25, 0.3) is 0 Å². The average Bonchev–Trinajstić information content (AvgIpc) is 2.77. The standard InChI is InChI=1S/C7H7O.3C6H11.Sn/c8-6-7-4-2-1-3-5-7;3*1-2-4-6-5-3-1;/h1-4,8H,6H2;3*1H,2-6H2;. The van der Waals surface area contributed by atoms with Gasteiger partial charge in [-0.25, -0.2) is 0 Å². The van der Waals surface area contributed by atoms with Crippen LogP contribution in [0.15, 0.2) is 24.3 Å². The molecular formula is C25H40OSn. The third kappa shape index (κ3) is 4.02. The minimum atomic E-state index is -2.73. The van der Waals surface area contributed by atoms with Crippen molar-refractivity contribution >= 4 is 22.0 Å². The van der Waals surface area contributed by atoms with Crippen molar-refractivity contribution in [2.75, 3.05) is 0 Å². The van der Waals surface area contributed by atoms with E-state index < -0.39 is 18.4 Å². The summed E-state index contributed by atoms with van der Waals surface area (Å²) in [6.07, 6.45) is 22.4.